The van der Waals surface area contributed by atoms with E-state index in [2.05, 4.69) is 12.2 Å². The van der Waals surface area contributed by atoms with Crippen LogP contribution in [0, 0.1) is 0 Å². The van der Waals surface area contributed by atoms with Gasteiger partial charge in [0.05, 0.1) is 18.2 Å². The first kappa shape index (κ1) is 19.9. The second-order valence-electron chi connectivity index (χ2n) is 6.70. The molecule has 0 aliphatic carbocycles. The topological polar surface area (TPSA) is 51.1 Å². The highest BCUT2D eigenvalue weighted by Gasteiger charge is 2.16. The molecule has 4 nitrogen and oxygen atoms in total. The van der Waals surface area contributed by atoms with Crippen LogP contribution < -0.4 is 10.9 Å². The van der Waals surface area contributed by atoms with Crippen molar-refractivity contribution in [2.24, 2.45) is 0 Å². The number of carbonyl (C=O) groups is 1. The fraction of sp³-hybridized carbons (Fsp3) is 0.217. The second kappa shape index (κ2) is 9.38. The number of nitrogens with zero attached hydrogens (tertiary/aromatic N) is 1. The Morgan fingerprint density at radius 1 is 1.04 bits per heavy atom. The van der Waals surface area contributed by atoms with Crippen LogP contribution in [0.5, 0.6) is 0 Å². The number of aromatic nitrogens is 1. The lowest BCUT2D eigenvalue weighted by atomic mass is 10.0. The van der Waals surface area contributed by atoms with Gasteiger partial charge >= 0.3 is 0 Å². The molecule has 0 fully saturated rings. The molecule has 0 radical (unpaired) electrons. The first-order valence-electron chi connectivity index (χ1n) is 9.38. The maximum atomic E-state index is 12.8. The van der Waals surface area contributed by atoms with E-state index in [1.165, 1.54) is 10.6 Å². The maximum absolute atomic E-state index is 12.8. The van der Waals surface area contributed by atoms with Crippen molar-refractivity contribution >= 4 is 17.5 Å². The molecule has 3 rings (SSSR count). The Morgan fingerprint density at radius 3 is 2.46 bits per heavy atom. The summed E-state index contributed by atoms with van der Waals surface area (Å²) in [5, 5.41) is 3.69. The van der Waals surface area contributed by atoms with Gasteiger partial charge < -0.3 is 9.88 Å². The summed E-state index contributed by atoms with van der Waals surface area (Å²) in [4.78, 5) is 25.1. The SMILES string of the molecule is CCCC(NC(=O)c1ccc(=O)n(Cc2ccccc2Cl)c1)c1ccccc1. The summed E-state index contributed by atoms with van der Waals surface area (Å²) in [6, 6.07) is 20.2. The summed E-state index contributed by atoms with van der Waals surface area (Å²) in [7, 11) is 0. The van der Waals surface area contributed by atoms with Gasteiger partial charge in [-0.15, -0.1) is 0 Å². The highest BCUT2D eigenvalue weighted by atomic mass is 35.5. The van der Waals surface area contributed by atoms with E-state index in [0.717, 1.165) is 24.0 Å². The lowest BCUT2D eigenvalue weighted by molar-refractivity contribution is 0.0933. The lowest BCUT2D eigenvalue weighted by Gasteiger charge is -2.19. The molecule has 5 heteroatoms. The number of pyridine rings is 1. The summed E-state index contributed by atoms with van der Waals surface area (Å²) in [6.45, 7) is 2.41. The number of nitrogens with one attached hydrogen (secondary N) is 1. The molecule has 1 heterocycles. The summed E-state index contributed by atoms with van der Waals surface area (Å²) < 4.78 is 1.51. The Morgan fingerprint density at radius 2 is 1.75 bits per heavy atom. The molecule has 3 aromatic rings. The highest BCUT2D eigenvalue weighted by molar-refractivity contribution is 6.31. The van der Waals surface area contributed by atoms with Crippen molar-refractivity contribution < 1.29 is 4.79 Å². The summed E-state index contributed by atoms with van der Waals surface area (Å²) >= 11 is 6.21. The molecule has 0 spiro atoms. The third-order valence-electron chi connectivity index (χ3n) is 4.63. The predicted molar refractivity (Wildman–Crippen MR) is 113 cm³/mol. The molecular formula is C23H23ClN2O2. The Balaban J connectivity index is 1.82. The molecule has 144 valence electrons. The standard InChI is InChI=1S/C23H23ClN2O2/c1-2-8-21(17-9-4-3-5-10-17)25-23(28)19-13-14-22(27)26(16-19)15-18-11-6-7-12-20(18)24/h3-7,9-14,16,21H,2,8,15H2,1H3,(H,25,28). The van der Waals surface area contributed by atoms with Crippen molar-refractivity contribution in [3.63, 3.8) is 0 Å². The van der Waals surface area contributed by atoms with Gasteiger partial charge in [-0.1, -0.05) is 73.5 Å². The number of rotatable bonds is 7. The van der Waals surface area contributed by atoms with E-state index in [-0.39, 0.29) is 17.5 Å². The highest BCUT2D eigenvalue weighted by Crippen LogP contribution is 2.19. The second-order valence-corrected chi connectivity index (χ2v) is 7.11. The molecular weight excluding hydrogens is 372 g/mol. The van der Waals surface area contributed by atoms with Crippen LogP contribution in [0.15, 0.2) is 77.7 Å². The Hall–Kier alpha value is -2.85. The Labute approximate surface area is 169 Å². The van der Waals surface area contributed by atoms with Gasteiger partial charge in [0.25, 0.3) is 11.5 Å². The van der Waals surface area contributed by atoms with Gasteiger partial charge in [-0.05, 0) is 29.7 Å². The van der Waals surface area contributed by atoms with E-state index in [1.807, 2.05) is 48.5 Å². The molecule has 0 saturated heterocycles. The molecule has 1 amide bonds. The van der Waals surface area contributed by atoms with Crippen molar-refractivity contribution in [1.82, 2.24) is 9.88 Å². The summed E-state index contributed by atoms with van der Waals surface area (Å²) in [5.74, 6) is -0.199. The van der Waals surface area contributed by atoms with E-state index < -0.39 is 0 Å². The van der Waals surface area contributed by atoms with Crippen LogP contribution in [0.4, 0.5) is 0 Å². The molecule has 0 aliphatic heterocycles. The van der Waals surface area contributed by atoms with Crippen molar-refractivity contribution in [2.75, 3.05) is 0 Å². The van der Waals surface area contributed by atoms with Crippen molar-refractivity contribution in [1.29, 1.82) is 0 Å². The fourth-order valence-corrected chi connectivity index (χ4v) is 3.33. The number of carbonyl (C=O) groups excluding carboxylic acids is 1. The van der Waals surface area contributed by atoms with Gasteiger partial charge in [0.1, 0.15) is 0 Å². The Bertz CT molecular complexity index is 999. The van der Waals surface area contributed by atoms with Crippen molar-refractivity contribution in [2.45, 2.75) is 32.4 Å². The van der Waals surface area contributed by atoms with E-state index in [9.17, 15) is 9.59 Å². The normalized spacial score (nSPS) is 11.8. The van der Waals surface area contributed by atoms with Crippen LogP contribution in [0.3, 0.4) is 0 Å². The summed E-state index contributed by atoms with van der Waals surface area (Å²) in [6.07, 6.45) is 3.38. The van der Waals surface area contributed by atoms with E-state index in [4.69, 9.17) is 11.6 Å². The molecule has 1 N–H and O–H groups in total. The van der Waals surface area contributed by atoms with Gasteiger partial charge in [0.15, 0.2) is 0 Å². The van der Waals surface area contributed by atoms with Crippen molar-refractivity contribution in [3.05, 3.63) is 105 Å². The van der Waals surface area contributed by atoms with Crippen LogP contribution >= 0.6 is 11.6 Å². The zero-order valence-corrected chi connectivity index (χ0v) is 16.5. The first-order chi connectivity index (χ1) is 13.6. The van der Waals surface area contributed by atoms with Gasteiger partial charge in [0.2, 0.25) is 0 Å². The van der Waals surface area contributed by atoms with Crippen LogP contribution in [0.2, 0.25) is 5.02 Å². The van der Waals surface area contributed by atoms with Crippen LogP contribution in [-0.4, -0.2) is 10.5 Å². The molecule has 0 aliphatic rings. The molecule has 28 heavy (non-hydrogen) atoms. The van der Waals surface area contributed by atoms with Crippen LogP contribution in [0.25, 0.3) is 0 Å². The van der Waals surface area contributed by atoms with Crippen LogP contribution in [0.1, 0.15) is 47.3 Å². The maximum Gasteiger partial charge on any atom is 0.253 e. The monoisotopic (exact) mass is 394 g/mol. The first-order valence-corrected chi connectivity index (χ1v) is 9.76. The molecule has 1 atom stereocenters. The average Bonchev–Trinajstić information content (AvgIpc) is 2.71. The van der Waals surface area contributed by atoms with Gasteiger partial charge in [-0.25, -0.2) is 0 Å². The summed E-state index contributed by atoms with van der Waals surface area (Å²) in [5.41, 5.74) is 2.17. The van der Waals surface area contributed by atoms with Crippen molar-refractivity contribution in [3.8, 4) is 0 Å². The molecule has 0 bridgehead atoms. The number of amides is 1. The van der Waals surface area contributed by atoms with E-state index >= 15 is 0 Å². The minimum absolute atomic E-state index is 0.0670. The third kappa shape index (κ3) is 4.90. The minimum Gasteiger partial charge on any atom is -0.345 e. The fourth-order valence-electron chi connectivity index (χ4n) is 3.14. The number of halogens is 1. The third-order valence-corrected chi connectivity index (χ3v) is 5.00. The average molecular weight is 395 g/mol. The number of benzene rings is 2. The quantitative estimate of drug-likeness (QED) is 0.624. The van der Waals surface area contributed by atoms with Gasteiger partial charge in [0, 0.05) is 17.3 Å². The zero-order chi connectivity index (χ0) is 19.9. The largest absolute Gasteiger partial charge is 0.345 e. The van der Waals surface area contributed by atoms with E-state index in [0.29, 0.717) is 17.1 Å². The minimum atomic E-state index is -0.199. The molecule has 1 unspecified atom stereocenters. The zero-order valence-electron chi connectivity index (χ0n) is 15.8. The lowest BCUT2D eigenvalue weighted by Crippen LogP contribution is -2.30. The number of hydrogen-bond acceptors (Lipinski definition) is 2. The van der Waals surface area contributed by atoms with Gasteiger partial charge in [-0.2, -0.15) is 0 Å². The molecule has 1 aromatic heterocycles. The molecule has 2 aromatic carbocycles. The van der Waals surface area contributed by atoms with E-state index in [1.54, 1.807) is 18.3 Å². The van der Waals surface area contributed by atoms with Gasteiger partial charge in [-0.3, -0.25) is 9.59 Å². The molecule has 0 saturated carbocycles. The van der Waals surface area contributed by atoms with Crippen LogP contribution in [-0.2, 0) is 6.54 Å². The number of hydrogen-bond donors (Lipinski definition) is 1. The smallest absolute Gasteiger partial charge is 0.253 e. The predicted octanol–water partition coefficient (Wildman–Crippen LogP) is 4.82. The Kier molecular flexibility index (Phi) is 6.66.